The third-order valence-corrected chi connectivity index (χ3v) is 7.32. The SMILES string of the molecule is CNC(=O)Nc1ccc(-c2nc(NC3CCN(C(=O)C4CCC(=O)O4)CC3)c(C=N)c(N3CCOCC3)n2)cc1. The molecule has 0 aliphatic carbocycles. The highest BCUT2D eigenvalue weighted by atomic mass is 16.6. The van der Waals surface area contributed by atoms with Crippen molar-refractivity contribution < 1.29 is 23.9 Å². The van der Waals surface area contributed by atoms with Crippen LogP contribution in [0, 0.1) is 5.41 Å². The molecule has 5 rings (SSSR count). The Kier molecular flexibility index (Phi) is 8.39. The van der Waals surface area contributed by atoms with Crippen LogP contribution in [0.25, 0.3) is 11.4 Å². The van der Waals surface area contributed by atoms with Crippen LogP contribution >= 0.6 is 0 Å². The summed E-state index contributed by atoms with van der Waals surface area (Å²) in [6.07, 6.45) is 2.72. The molecule has 1 aromatic heterocycles. The van der Waals surface area contributed by atoms with Crippen LogP contribution in [0.2, 0.25) is 0 Å². The number of ether oxygens (including phenoxy) is 2. The number of cyclic esters (lactones) is 1. The summed E-state index contributed by atoms with van der Waals surface area (Å²) in [4.78, 5) is 49.4. The molecule has 13 heteroatoms. The van der Waals surface area contributed by atoms with E-state index < -0.39 is 6.10 Å². The first kappa shape index (κ1) is 27.3. The van der Waals surface area contributed by atoms with Crippen LogP contribution in [-0.2, 0) is 19.1 Å². The molecule has 1 unspecified atom stereocenters. The van der Waals surface area contributed by atoms with E-state index in [1.54, 1.807) is 24.1 Å². The van der Waals surface area contributed by atoms with Gasteiger partial charge >= 0.3 is 12.0 Å². The van der Waals surface area contributed by atoms with Crippen molar-refractivity contribution in [3.8, 4) is 11.4 Å². The lowest BCUT2D eigenvalue weighted by atomic mass is 10.0. The van der Waals surface area contributed by atoms with Gasteiger partial charge < -0.3 is 40.6 Å². The third kappa shape index (κ3) is 6.14. The quantitative estimate of drug-likeness (QED) is 0.298. The Morgan fingerprint density at radius 1 is 1.05 bits per heavy atom. The van der Waals surface area contributed by atoms with Crippen molar-refractivity contribution in [2.75, 3.05) is 62.0 Å². The minimum Gasteiger partial charge on any atom is -0.452 e. The van der Waals surface area contributed by atoms with E-state index in [2.05, 4.69) is 20.9 Å². The van der Waals surface area contributed by atoms with Gasteiger partial charge in [0.05, 0.1) is 18.8 Å². The number of nitrogens with one attached hydrogen (secondary N) is 4. The number of anilines is 3. The number of likely N-dealkylation sites (tertiary alicyclic amines) is 1. The number of piperidine rings is 1. The number of urea groups is 1. The highest BCUT2D eigenvalue weighted by Gasteiger charge is 2.35. The topological polar surface area (TPSA) is 162 Å². The van der Waals surface area contributed by atoms with Crippen LogP contribution in [-0.4, -0.2) is 97.6 Å². The first-order valence-electron chi connectivity index (χ1n) is 13.5. The highest BCUT2D eigenvalue weighted by Crippen LogP contribution is 2.30. The maximum absolute atomic E-state index is 12.8. The number of rotatable bonds is 7. The lowest BCUT2D eigenvalue weighted by Gasteiger charge is -2.34. The van der Waals surface area contributed by atoms with Crippen molar-refractivity contribution in [2.45, 2.75) is 37.8 Å². The molecule has 3 fully saturated rings. The van der Waals surface area contributed by atoms with Crippen LogP contribution < -0.4 is 20.9 Å². The predicted octanol–water partition coefficient (Wildman–Crippen LogP) is 1.84. The van der Waals surface area contributed by atoms with Gasteiger partial charge in [0, 0.05) is 69.6 Å². The van der Waals surface area contributed by atoms with E-state index in [9.17, 15) is 14.4 Å². The number of carbonyl (C=O) groups is 3. The fourth-order valence-corrected chi connectivity index (χ4v) is 5.08. The summed E-state index contributed by atoms with van der Waals surface area (Å²) in [5, 5.41) is 17.0. The number of esters is 1. The number of amides is 3. The Bertz CT molecular complexity index is 1260. The van der Waals surface area contributed by atoms with Gasteiger partial charge in [-0.3, -0.25) is 9.59 Å². The first-order valence-corrected chi connectivity index (χ1v) is 13.5. The molecule has 1 atom stereocenters. The molecule has 3 aliphatic rings. The van der Waals surface area contributed by atoms with E-state index >= 15 is 0 Å². The molecule has 40 heavy (non-hydrogen) atoms. The first-order chi connectivity index (χ1) is 19.4. The Morgan fingerprint density at radius 2 is 1.77 bits per heavy atom. The number of nitrogens with zero attached hydrogens (tertiary/aromatic N) is 4. The number of morpholine rings is 1. The molecule has 0 bridgehead atoms. The summed E-state index contributed by atoms with van der Waals surface area (Å²) in [6, 6.07) is 6.99. The Labute approximate surface area is 232 Å². The van der Waals surface area contributed by atoms with Crippen LogP contribution in [0.4, 0.5) is 22.1 Å². The van der Waals surface area contributed by atoms with Gasteiger partial charge in [-0.15, -0.1) is 0 Å². The van der Waals surface area contributed by atoms with Crippen molar-refractivity contribution in [1.82, 2.24) is 20.2 Å². The second-order valence-electron chi connectivity index (χ2n) is 9.92. The summed E-state index contributed by atoms with van der Waals surface area (Å²) >= 11 is 0. The molecule has 0 radical (unpaired) electrons. The zero-order chi connectivity index (χ0) is 28.1. The van der Waals surface area contributed by atoms with Crippen molar-refractivity contribution >= 4 is 41.4 Å². The van der Waals surface area contributed by atoms with Crippen LogP contribution in [0.5, 0.6) is 0 Å². The standard InChI is InChI=1S/C27H34N8O5/c1-29-27(38)31-18-4-2-17(3-5-18)23-32-24(20(16-28)25(33-23)34-12-14-39-15-13-34)30-19-8-10-35(11-9-19)26(37)21-6-7-22(36)40-21/h2-5,16,19,21,28H,6-15H2,1H3,(H2,29,31,38)(H,30,32,33). The Morgan fingerprint density at radius 3 is 2.40 bits per heavy atom. The Balaban J connectivity index is 1.36. The van der Waals surface area contributed by atoms with E-state index in [4.69, 9.17) is 24.9 Å². The zero-order valence-electron chi connectivity index (χ0n) is 22.4. The summed E-state index contributed by atoms with van der Waals surface area (Å²) in [5.41, 5.74) is 2.00. The second-order valence-corrected chi connectivity index (χ2v) is 9.92. The lowest BCUT2D eigenvalue weighted by Crippen LogP contribution is -2.46. The number of hydrogen-bond acceptors (Lipinski definition) is 10. The van der Waals surface area contributed by atoms with Gasteiger partial charge in [-0.2, -0.15) is 0 Å². The van der Waals surface area contributed by atoms with Gasteiger partial charge in [-0.05, 0) is 37.1 Å². The fraction of sp³-hybridized carbons (Fsp3) is 0.481. The highest BCUT2D eigenvalue weighted by molar-refractivity contribution is 5.92. The van der Waals surface area contributed by atoms with Gasteiger partial charge in [0.25, 0.3) is 5.91 Å². The smallest absolute Gasteiger partial charge is 0.318 e. The van der Waals surface area contributed by atoms with E-state index in [-0.39, 0.29) is 30.4 Å². The molecule has 4 N–H and O–H groups in total. The van der Waals surface area contributed by atoms with Gasteiger partial charge in [0.1, 0.15) is 11.6 Å². The van der Waals surface area contributed by atoms with Crippen LogP contribution in [0.3, 0.4) is 0 Å². The predicted molar refractivity (Wildman–Crippen MR) is 149 cm³/mol. The summed E-state index contributed by atoms with van der Waals surface area (Å²) in [5.74, 6) is 1.27. The van der Waals surface area contributed by atoms with Crippen LogP contribution in [0.15, 0.2) is 24.3 Å². The van der Waals surface area contributed by atoms with E-state index in [0.29, 0.717) is 87.4 Å². The molecule has 3 amide bonds. The molecule has 3 aliphatic heterocycles. The van der Waals surface area contributed by atoms with Gasteiger partial charge in [0.15, 0.2) is 11.9 Å². The molecular weight excluding hydrogens is 516 g/mol. The largest absolute Gasteiger partial charge is 0.452 e. The van der Waals surface area contributed by atoms with Crippen molar-refractivity contribution in [1.29, 1.82) is 5.41 Å². The minimum atomic E-state index is -0.667. The molecule has 0 spiro atoms. The average Bonchev–Trinajstić information content (AvgIpc) is 3.43. The summed E-state index contributed by atoms with van der Waals surface area (Å²) in [6.45, 7) is 3.53. The molecule has 2 aromatic rings. The molecule has 13 nitrogen and oxygen atoms in total. The van der Waals surface area contributed by atoms with E-state index in [0.717, 1.165) is 5.56 Å². The van der Waals surface area contributed by atoms with Gasteiger partial charge in [-0.1, -0.05) is 0 Å². The molecular formula is C27H34N8O5. The van der Waals surface area contributed by atoms with Crippen molar-refractivity contribution in [3.63, 3.8) is 0 Å². The normalized spacial score (nSPS) is 19.6. The van der Waals surface area contributed by atoms with Crippen molar-refractivity contribution in [2.24, 2.45) is 0 Å². The molecule has 212 valence electrons. The number of benzene rings is 1. The maximum atomic E-state index is 12.8. The van der Waals surface area contributed by atoms with Gasteiger partial charge in [0.2, 0.25) is 0 Å². The maximum Gasteiger partial charge on any atom is 0.318 e. The summed E-state index contributed by atoms with van der Waals surface area (Å²) < 4.78 is 10.7. The second kappa shape index (κ2) is 12.3. The molecule has 3 saturated heterocycles. The van der Waals surface area contributed by atoms with E-state index in [1.165, 1.54) is 6.21 Å². The average molecular weight is 551 g/mol. The van der Waals surface area contributed by atoms with Crippen LogP contribution in [0.1, 0.15) is 31.2 Å². The third-order valence-electron chi connectivity index (χ3n) is 7.32. The number of aromatic nitrogens is 2. The molecule has 0 saturated carbocycles. The zero-order valence-corrected chi connectivity index (χ0v) is 22.4. The monoisotopic (exact) mass is 550 g/mol. The lowest BCUT2D eigenvalue weighted by molar-refractivity contribution is -0.153. The van der Waals surface area contributed by atoms with E-state index in [1.807, 2.05) is 12.1 Å². The molecule has 1 aromatic carbocycles. The molecule has 4 heterocycles. The minimum absolute atomic E-state index is 0.0355. The summed E-state index contributed by atoms with van der Waals surface area (Å²) in [7, 11) is 1.55. The fourth-order valence-electron chi connectivity index (χ4n) is 5.08. The number of carbonyl (C=O) groups excluding carboxylic acids is 3. The Hall–Kier alpha value is -4.26. The van der Waals surface area contributed by atoms with Gasteiger partial charge in [-0.25, -0.2) is 14.8 Å². The number of hydrogen-bond donors (Lipinski definition) is 4. The van der Waals surface area contributed by atoms with Crippen molar-refractivity contribution in [3.05, 3.63) is 29.8 Å².